The highest BCUT2D eigenvalue weighted by molar-refractivity contribution is 6.05. The standard InChI is InChI=1S/C24H19F3N6O/c25-24(26,27)16-3-1-2-14(10-16)19-6-7-21-22(30-19)33(18-8-9-32(21)13-18)23(34)29-17-4-5-20-15(11-17)12-28-31-20/h1-7,10-12,18H,8-9,13H2,(H,28,31)(H,29,34)/t18-/m0/s1. The Bertz CT molecular complexity index is 1420. The Labute approximate surface area is 192 Å². The number of alkyl halides is 3. The molecule has 1 atom stereocenters. The second-order valence-electron chi connectivity index (χ2n) is 8.48. The number of aromatic amines is 1. The van der Waals surface area contributed by atoms with Crippen molar-refractivity contribution in [2.24, 2.45) is 0 Å². The average Bonchev–Trinajstić information content (AvgIpc) is 3.46. The van der Waals surface area contributed by atoms with Crippen LogP contribution in [0.1, 0.15) is 12.0 Å². The van der Waals surface area contributed by atoms with E-state index in [9.17, 15) is 18.0 Å². The molecule has 2 aliphatic heterocycles. The zero-order valence-electron chi connectivity index (χ0n) is 17.8. The Balaban J connectivity index is 1.37. The van der Waals surface area contributed by atoms with Crippen LogP contribution < -0.4 is 15.1 Å². The second-order valence-corrected chi connectivity index (χ2v) is 8.48. The molecule has 7 nitrogen and oxygen atoms in total. The van der Waals surface area contributed by atoms with Gasteiger partial charge >= 0.3 is 12.2 Å². The van der Waals surface area contributed by atoms with Gasteiger partial charge in [-0.15, -0.1) is 0 Å². The second kappa shape index (κ2) is 7.47. The largest absolute Gasteiger partial charge is 0.416 e. The van der Waals surface area contributed by atoms with Gasteiger partial charge in [0.1, 0.15) is 0 Å². The Morgan fingerprint density at radius 2 is 2.00 bits per heavy atom. The van der Waals surface area contributed by atoms with Gasteiger partial charge in [-0.25, -0.2) is 9.78 Å². The van der Waals surface area contributed by atoms with E-state index in [1.54, 1.807) is 29.3 Å². The van der Waals surface area contributed by atoms with Crippen LogP contribution in [-0.2, 0) is 6.18 Å². The summed E-state index contributed by atoms with van der Waals surface area (Å²) in [7, 11) is 0. The molecule has 6 rings (SSSR count). The SMILES string of the molecule is O=C(Nc1ccc2[nH]ncc2c1)N1c2nc(-c3cccc(C(F)(F)F)c3)ccc2N2CC[C@H]1C2. The third kappa shape index (κ3) is 3.42. The summed E-state index contributed by atoms with van der Waals surface area (Å²) in [4.78, 5) is 21.9. The van der Waals surface area contributed by atoms with Crippen molar-refractivity contribution in [3.63, 3.8) is 0 Å². The first-order valence-corrected chi connectivity index (χ1v) is 10.8. The van der Waals surface area contributed by atoms with Crippen LogP contribution in [0.15, 0.2) is 60.8 Å². The highest BCUT2D eigenvalue weighted by atomic mass is 19.4. The fourth-order valence-corrected chi connectivity index (χ4v) is 4.69. The average molecular weight is 464 g/mol. The van der Waals surface area contributed by atoms with Crippen LogP contribution in [0.25, 0.3) is 22.2 Å². The number of benzene rings is 2. The number of anilines is 3. The van der Waals surface area contributed by atoms with Gasteiger partial charge in [-0.1, -0.05) is 12.1 Å². The van der Waals surface area contributed by atoms with Gasteiger partial charge in [0.05, 0.1) is 34.7 Å². The van der Waals surface area contributed by atoms with Crippen molar-refractivity contribution in [1.29, 1.82) is 0 Å². The van der Waals surface area contributed by atoms with Gasteiger partial charge in [0.2, 0.25) is 0 Å². The number of amides is 2. The van der Waals surface area contributed by atoms with Gasteiger partial charge in [0.15, 0.2) is 5.82 Å². The summed E-state index contributed by atoms with van der Waals surface area (Å²) < 4.78 is 39.7. The molecule has 0 unspecified atom stereocenters. The van der Waals surface area contributed by atoms with Crippen LogP contribution in [0.3, 0.4) is 0 Å². The molecule has 4 aromatic rings. The number of carbonyl (C=O) groups excluding carboxylic acids is 1. The number of urea groups is 1. The molecule has 172 valence electrons. The van der Waals surface area contributed by atoms with Crippen LogP contribution >= 0.6 is 0 Å². The molecule has 2 aromatic carbocycles. The van der Waals surface area contributed by atoms with E-state index in [0.29, 0.717) is 29.3 Å². The minimum absolute atomic E-state index is 0.0746. The van der Waals surface area contributed by atoms with Gasteiger partial charge in [-0.3, -0.25) is 10.00 Å². The van der Waals surface area contributed by atoms with E-state index in [2.05, 4.69) is 25.4 Å². The predicted octanol–water partition coefficient (Wildman–Crippen LogP) is 5.27. The van der Waals surface area contributed by atoms with Gasteiger partial charge in [0, 0.05) is 29.7 Å². The molecule has 2 aliphatic rings. The summed E-state index contributed by atoms with van der Waals surface area (Å²) in [6.45, 7) is 1.47. The molecule has 2 N–H and O–H groups in total. The molecule has 2 amide bonds. The zero-order valence-corrected chi connectivity index (χ0v) is 17.8. The Hall–Kier alpha value is -4.08. The number of pyridine rings is 1. The monoisotopic (exact) mass is 464 g/mol. The number of aromatic nitrogens is 3. The molecule has 4 heterocycles. The normalized spacial score (nSPS) is 17.2. The Morgan fingerprint density at radius 1 is 1.12 bits per heavy atom. The lowest BCUT2D eigenvalue weighted by atomic mass is 10.1. The number of halogens is 3. The Kier molecular flexibility index (Phi) is 4.51. The summed E-state index contributed by atoms with van der Waals surface area (Å²) in [6.07, 6.45) is -1.99. The van der Waals surface area contributed by atoms with E-state index in [1.165, 1.54) is 6.07 Å². The molecular formula is C24H19F3N6O. The number of hydrogen-bond acceptors (Lipinski definition) is 4. The van der Waals surface area contributed by atoms with Crippen molar-refractivity contribution in [1.82, 2.24) is 15.2 Å². The van der Waals surface area contributed by atoms with E-state index in [0.717, 1.165) is 41.7 Å². The van der Waals surface area contributed by atoms with Crippen molar-refractivity contribution in [3.8, 4) is 11.3 Å². The number of rotatable bonds is 2. The molecule has 0 spiro atoms. The molecule has 1 fully saturated rings. The van der Waals surface area contributed by atoms with Crippen molar-refractivity contribution >= 4 is 34.1 Å². The van der Waals surface area contributed by atoms with E-state index in [4.69, 9.17) is 0 Å². The van der Waals surface area contributed by atoms with Gasteiger partial charge < -0.3 is 10.2 Å². The minimum Gasteiger partial charge on any atom is -0.366 e. The fourth-order valence-electron chi connectivity index (χ4n) is 4.69. The lowest BCUT2D eigenvalue weighted by Crippen LogP contribution is -2.48. The number of nitrogens with zero attached hydrogens (tertiary/aromatic N) is 4. The van der Waals surface area contributed by atoms with Crippen LogP contribution in [0.4, 0.5) is 35.2 Å². The topological polar surface area (TPSA) is 77.1 Å². The molecule has 0 saturated carbocycles. The Morgan fingerprint density at radius 3 is 2.85 bits per heavy atom. The van der Waals surface area contributed by atoms with Crippen LogP contribution in [0.2, 0.25) is 0 Å². The molecule has 0 radical (unpaired) electrons. The molecule has 2 aromatic heterocycles. The quantitative estimate of drug-likeness (QED) is 0.424. The van der Waals surface area contributed by atoms with Gasteiger partial charge in [-0.05, 0) is 48.9 Å². The van der Waals surface area contributed by atoms with Gasteiger partial charge in [-0.2, -0.15) is 18.3 Å². The van der Waals surface area contributed by atoms with E-state index >= 15 is 0 Å². The number of hydrogen-bond donors (Lipinski definition) is 2. The number of fused-ring (bicyclic) bond motifs is 5. The van der Waals surface area contributed by atoms with E-state index < -0.39 is 11.7 Å². The number of H-pyrrole nitrogens is 1. The minimum atomic E-state index is -4.45. The van der Waals surface area contributed by atoms with Crippen molar-refractivity contribution in [3.05, 3.63) is 66.4 Å². The summed E-state index contributed by atoms with van der Waals surface area (Å²) in [6, 6.07) is 13.7. The molecule has 2 bridgehead atoms. The van der Waals surface area contributed by atoms with E-state index in [-0.39, 0.29) is 12.1 Å². The maximum absolute atomic E-state index is 13.4. The highest BCUT2D eigenvalue weighted by Crippen LogP contribution is 2.41. The first kappa shape index (κ1) is 20.5. The van der Waals surface area contributed by atoms with Crippen molar-refractivity contribution < 1.29 is 18.0 Å². The maximum atomic E-state index is 13.4. The first-order chi connectivity index (χ1) is 16.4. The van der Waals surface area contributed by atoms with Crippen LogP contribution in [-0.4, -0.2) is 40.3 Å². The molecule has 34 heavy (non-hydrogen) atoms. The number of carbonyl (C=O) groups is 1. The third-order valence-corrected chi connectivity index (χ3v) is 6.35. The van der Waals surface area contributed by atoms with Crippen molar-refractivity contribution in [2.45, 2.75) is 18.6 Å². The molecular weight excluding hydrogens is 445 g/mol. The summed E-state index contributed by atoms with van der Waals surface area (Å²) >= 11 is 0. The summed E-state index contributed by atoms with van der Waals surface area (Å²) in [5, 5.41) is 10.7. The lowest BCUT2D eigenvalue weighted by molar-refractivity contribution is -0.137. The smallest absolute Gasteiger partial charge is 0.366 e. The first-order valence-electron chi connectivity index (χ1n) is 10.8. The molecule has 0 aliphatic carbocycles. The highest BCUT2D eigenvalue weighted by Gasteiger charge is 2.40. The van der Waals surface area contributed by atoms with Crippen LogP contribution in [0.5, 0.6) is 0 Å². The third-order valence-electron chi connectivity index (χ3n) is 6.35. The predicted molar refractivity (Wildman–Crippen MR) is 123 cm³/mol. The zero-order chi connectivity index (χ0) is 23.4. The van der Waals surface area contributed by atoms with Gasteiger partial charge in [0.25, 0.3) is 0 Å². The summed E-state index contributed by atoms with van der Waals surface area (Å²) in [5.74, 6) is 0.450. The van der Waals surface area contributed by atoms with Crippen molar-refractivity contribution in [2.75, 3.05) is 28.2 Å². The molecule has 10 heteroatoms. The molecule has 1 saturated heterocycles. The fraction of sp³-hybridized carbons (Fsp3) is 0.208. The summed E-state index contributed by atoms with van der Waals surface area (Å²) in [5.41, 5.74) is 2.26. The van der Waals surface area contributed by atoms with E-state index in [1.807, 2.05) is 18.2 Å². The maximum Gasteiger partial charge on any atom is 0.416 e. The van der Waals surface area contributed by atoms with Crippen LogP contribution in [0, 0.1) is 0 Å². The number of nitrogens with one attached hydrogen (secondary N) is 2. The lowest BCUT2D eigenvalue weighted by Gasteiger charge is -2.36.